The van der Waals surface area contributed by atoms with Crippen LogP contribution in [-0.2, 0) is 12.8 Å². The van der Waals surface area contributed by atoms with Crippen LogP contribution in [0.25, 0.3) is 0 Å². The molecule has 0 aromatic heterocycles. The number of para-hydroxylation sites is 1. The van der Waals surface area contributed by atoms with Crippen LogP contribution in [0.3, 0.4) is 0 Å². The number of benzene rings is 2. The molecule has 5 heteroatoms. The molecule has 22 heavy (non-hydrogen) atoms. The Morgan fingerprint density at radius 2 is 1.95 bits per heavy atom. The van der Waals surface area contributed by atoms with Crippen LogP contribution in [0, 0.1) is 0 Å². The summed E-state index contributed by atoms with van der Waals surface area (Å²) >= 11 is 3.45. The van der Waals surface area contributed by atoms with Crippen LogP contribution >= 0.6 is 15.9 Å². The van der Waals surface area contributed by atoms with Gasteiger partial charge < -0.3 is 14.8 Å². The molecule has 2 heterocycles. The van der Waals surface area contributed by atoms with E-state index in [0.717, 1.165) is 39.9 Å². The summed E-state index contributed by atoms with van der Waals surface area (Å²) in [6.07, 6.45) is 1.56. The molecule has 0 fully saturated rings. The molecule has 2 aliphatic rings. The van der Waals surface area contributed by atoms with E-state index in [-0.39, 0.29) is 5.91 Å². The van der Waals surface area contributed by atoms with E-state index in [1.807, 2.05) is 30.3 Å². The van der Waals surface area contributed by atoms with E-state index >= 15 is 0 Å². The van der Waals surface area contributed by atoms with Crippen molar-refractivity contribution in [2.75, 3.05) is 18.5 Å². The number of hydrogen-bond donors (Lipinski definition) is 1. The SMILES string of the molecule is O=C(Nc1ccccc1Br)c1c2c(cc3c1OCC3)OCC2. The number of carbonyl (C=O) groups is 1. The summed E-state index contributed by atoms with van der Waals surface area (Å²) in [7, 11) is 0. The van der Waals surface area contributed by atoms with Crippen molar-refractivity contribution in [3.63, 3.8) is 0 Å². The van der Waals surface area contributed by atoms with Crippen LogP contribution in [-0.4, -0.2) is 19.1 Å². The van der Waals surface area contributed by atoms with Crippen molar-refractivity contribution in [3.8, 4) is 11.5 Å². The molecule has 0 spiro atoms. The third-order valence-corrected chi connectivity index (χ3v) is 4.69. The smallest absolute Gasteiger partial charge is 0.259 e. The van der Waals surface area contributed by atoms with Gasteiger partial charge in [-0.1, -0.05) is 12.1 Å². The lowest BCUT2D eigenvalue weighted by Gasteiger charge is -2.13. The van der Waals surface area contributed by atoms with Crippen molar-refractivity contribution < 1.29 is 14.3 Å². The molecular formula is C17H14BrNO3. The lowest BCUT2D eigenvalue weighted by molar-refractivity contribution is 0.102. The highest BCUT2D eigenvalue weighted by molar-refractivity contribution is 9.10. The van der Waals surface area contributed by atoms with Crippen LogP contribution < -0.4 is 14.8 Å². The highest BCUT2D eigenvalue weighted by Crippen LogP contribution is 2.41. The average Bonchev–Trinajstić information content (AvgIpc) is 3.15. The normalized spacial score (nSPS) is 14.8. The fourth-order valence-corrected chi connectivity index (χ4v) is 3.36. The van der Waals surface area contributed by atoms with Gasteiger partial charge in [0.1, 0.15) is 11.5 Å². The molecule has 0 atom stereocenters. The second kappa shape index (κ2) is 5.32. The van der Waals surface area contributed by atoms with Gasteiger partial charge in [-0.05, 0) is 34.1 Å². The van der Waals surface area contributed by atoms with E-state index in [2.05, 4.69) is 21.2 Å². The minimum Gasteiger partial charge on any atom is -0.493 e. The van der Waals surface area contributed by atoms with E-state index in [1.54, 1.807) is 0 Å². The van der Waals surface area contributed by atoms with E-state index in [9.17, 15) is 4.79 Å². The number of ether oxygens (including phenoxy) is 2. The zero-order valence-electron chi connectivity index (χ0n) is 11.8. The minimum atomic E-state index is -0.146. The van der Waals surface area contributed by atoms with Crippen molar-refractivity contribution in [2.24, 2.45) is 0 Å². The van der Waals surface area contributed by atoms with Crippen molar-refractivity contribution >= 4 is 27.5 Å². The van der Waals surface area contributed by atoms with E-state index in [0.29, 0.717) is 24.5 Å². The Balaban J connectivity index is 1.76. The Morgan fingerprint density at radius 3 is 2.82 bits per heavy atom. The number of carbonyl (C=O) groups excluding carboxylic acids is 1. The molecule has 112 valence electrons. The average molecular weight is 360 g/mol. The van der Waals surface area contributed by atoms with Gasteiger partial charge in [-0.2, -0.15) is 0 Å². The summed E-state index contributed by atoms with van der Waals surface area (Å²) in [4.78, 5) is 12.8. The second-order valence-corrected chi connectivity index (χ2v) is 6.20. The third kappa shape index (κ3) is 2.16. The molecule has 0 aliphatic carbocycles. The zero-order valence-corrected chi connectivity index (χ0v) is 13.4. The topological polar surface area (TPSA) is 47.6 Å². The first kappa shape index (κ1) is 13.6. The molecular weight excluding hydrogens is 346 g/mol. The number of nitrogens with one attached hydrogen (secondary N) is 1. The first-order chi connectivity index (χ1) is 10.7. The molecule has 4 nitrogen and oxygen atoms in total. The standard InChI is InChI=1S/C17H14BrNO3/c18-12-3-1-2-4-13(12)19-17(20)15-11-6-8-21-14(11)9-10-5-7-22-16(10)15/h1-4,9H,5-8H2,(H,19,20). The van der Waals surface area contributed by atoms with Crippen LogP contribution in [0.4, 0.5) is 5.69 Å². The molecule has 4 rings (SSSR count). The fourth-order valence-electron chi connectivity index (χ4n) is 2.97. The first-order valence-corrected chi connectivity index (χ1v) is 8.03. The Kier molecular flexibility index (Phi) is 3.30. The third-order valence-electron chi connectivity index (χ3n) is 4.00. The van der Waals surface area contributed by atoms with Gasteiger partial charge in [0.05, 0.1) is 24.5 Å². The van der Waals surface area contributed by atoms with Gasteiger partial charge in [0.25, 0.3) is 5.91 Å². The molecule has 0 saturated carbocycles. The van der Waals surface area contributed by atoms with Gasteiger partial charge in [0, 0.05) is 28.4 Å². The summed E-state index contributed by atoms with van der Waals surface area (Å²) in [6, 6.07) is 9.58. The molecule has 1 N–H and O–H groups in total. The van der Waals surface area contributed by atoms with Gasteiger partial charge in [-0.25, -0.2) is 0 Å². The van der Waals surface area contributed by atoms with E-state index in [4.69, 9.17) is 9.47 Å². The summed E-state index contributed by atoms with van der Waals surface area (Å²) in [5, 5.41) is 2.96. The highest BCUT2D eigenvalue weighted by Gasteiger charge is 2.30. The number of hydrogen-bond acceptors (Lipinski definition) is 3. The van der Waals surface area contributed by atoms with Crippen LogP contribution in [0.5, 0.6) is 11.5 Å². The number of amides is 1. The van der Waals surface area contributed by atoms with E-state index in [1.165, 1.54) is 0 Å². The van der Waals surface area contributed by atoms with Crippen molar-refractivity contribution in [2.45, 2.75) is 12.8 Å². The maximum atomic E-state index is 12.8. The molecule has 0 saturated heterocycles. The van der Waals surface area contributed by atoms with Gasteiger partial charge in [-0.15, -0.1) is 0 Å². The summed E-state index contributed by atoms with van der Waals surface area (Å²) in [5.74, 6) is 1.39. The molecule has 0 radical (unpaired) electrons. The summed E-state index contributed by atoms with van der Waals surface area (Å²) in [5.41, 5.74) is 3.37. The largest absolute Gasteiger partial charge is 0.493 e. The Hall–Kier alpha value is -2.01. The van der Waals surface area contributed by atoms with Crippen molar-refractivity contribution in [3.05, 3.63) is 51.5 Å². The van der Waals surface area contributed by atoms with Crippen molar-refractivity contribution in [1.82, 2.24) is 0 Å². The lowest BCUT2D eigenvalue weighted by atomic mass is 9.99. The van der Waals surface area contributed by atoms with Crippen LogP contribution in [0.1, 0.15) is 21.5 Å². The lowest BCUT2D eigenvalue weighted by Crippen LogP contribution is -2.15. The quantitative estimate of drug-likeness (QED) is 0.891. The number of rotatable bonds is 2. The van der Waals surface area contributed by atoms with Gasteiger partial charge in [-0.3, -0.25) is 4.79 Å². The predicted octanol–water partition coefficient (Wildman–Crippen LogP) is 3.57. The molecule has 1 amide bonds. The summed E-state index contributed by atoms with van der Waals surface area (Å²) in [6.45, 7) is 1.24. The van der Waals surface area contributed by atoms with Crippen molar-refractivity contribution in [1.29, 1.82) is 0 Å². The first-order valence-electron chi connectivity index (χ1n) is 7.24. The van der Waals surface area contributed by atoms with E-state index < -0.39 is 0 Å². The number of anilines is 1. The second-order valence-electron chi connectivity index (χ2n) is 5.35. The molecule has 2 aromatic carbocycles. The predicted molar refractivity (Wildman–Crippen MR) is 86.9 cm³/mol. The number of halogens is 1. The van der Waals surface area contributed by atoms with Crippen LogP contribution in [0.2, 0.25) is 0 Å². The molecule has 0 bridgehead atoms. The maximum absolute atomic E-state index is 12.8. The molecule has 0 unspecified atom stereocenters. The maximum Gasteiger partial charge on any atom is 0.259 e. The number of fused-ring (bicyclic) bond motifs is 2. The highest BCUT2D eigenvalue weighted by atomic mass is 79.9. The zero-order chi connectivity index (χ0) is 15.1. The molecule has 2 aromatic rings. The van der Waals surface area contributed by atoms with Gasteiger partial charge in [0.2, 0.25) is 0 Å². The fraction of sp³-hybridized carbons (Fsp3) is 0.235. The minimum absolute atomic E-state index is 0.146. The van der Waals surface area contributed by atoms with Crippen LogP contribution in [0.15, 0.2) is 34.8 Å². The van der Waals surface area contributed by atoms with Gasteiger partial charge >= 0.3 is 0 Å². The van der Waals surface area contributed by atoms with Gasteiger partial charge in [0.15, 0.2) is 0 Å². The monoisotopic (exact) mass is 359 g/mol. The summed E-state index contributed by atoms with van der Waals surface area (Å²) < 4.78 is 12.2. The Bertz CT molecular complexity index is 740. The Labute approximate surface area is 136 Å². The molecule has 2 aliphatic heterocycles. The Morgan fingerprint density at radius 1 is 1.14 bits per heavy atom.